The molecule has 0 radical (unpaired) electrons. The van der Waals surface area contributed by atoms with Gasteiger partial charge in [0.05, 0.1) is 28.5 Å². The zero-order valence-electron chi connectivity index (χ0n) is 18.5. The molecule has 0 aliphatic carbocycles. The van der Waals surface area contributed by atoms with Gasteiger partial charge in [-0.15, -0.1) is 0 Å². The second-order valence-corrected chi connectivity index (χ2v) is 8.03. The first-order valence-corrected chi connectivity index (χ1v) is 10.8. The SMILES string of the molecule is O=Cc1ccc(-c2cccc(C(=O)c3ccc4ncc(-c5cccnc5)nc4c3)c2)c(C(F)(F)F)c1. The van der Waals surface area contributed by atoms with Crippen molar-refractivity contribution in [1.29, 1.82) is 0 Å². The van der Waals surface area contributed by atoms with Crippen molar-refractivity contribution in [1.82, 2.24) is 15.0 Å². The van der Waals surface area contributed by atoms with E-state index in [-0.39, 0.29) is 28.0 Å². The third kappa shape index (κ3) is 4.48. The van der Waals surface area contributed by atoms with Crippen LogP contribution in [0.1, 0.15) is 31.8 Å². The number of alkyl halides is 3. The Labute approximate surface area is 203 Å². The van der Waals surface area contributed by atoms with E-state index >= 15 is 0 Å². The molecule has 5 rings (SSSR count). The van der Waals surface area contributed by atoms with Crippen molar-refractivity contribution in [2.45, 2.75) is 6.18 Å². The summed E-state index contributed by atoms with van der Waals surface area (Å²) in [6.07, 6.45) is 0.626. The van der Waals surface area contributed by atoms with Crippen LogP contribution in [0.4, 0.5) is 13.2 Å². The molecule has 5 nitrogen and oxygen atoms in total. The molecule has 0 aliphatic heterocycles. The average Bonchev–Trinajstić information content (AvgIpc) is 2.91. The smallest absolute Gasteiger partial charge is 0.298 e. The van der Waals surface area contributed by atoms with Crippen LogP contribution in [0.15, 0.2) is 91.4 Å². The average molecular weight is 483 g/mol. The number of ketones is 1. The molecule has 0 bridgehead atoms. The van der Waals surface area contributed by atoms with Gasteiger partial charge in [0.1, 0.15) is 6.29 Å². The molecule has 0 amide bonds. The highest BCUT2D eigenvalue weighted by Crippen LogP contribution is 2.38. The predicted molar refractivity (Wildman–Crippen MR) is 128 cm³/mol. The minimum absolute atomic E-state index is 0.0822. The summed E-state index contributed by atoms with van der Waals surface area (Å²) in [5.74, 6) is -0.370. The molecular formula is C28H16F3N3O2. The van der Waals surface area contributed by atoms with Gasteiger partial charge >= 0.3 is 6.18 Å². The highest BCUT2D eigenvalue weighted by molar-refractivity contribution is 6.10. The van der Waals surface area contributed by atoms with Gasteiger partial charge in [-0.3, -0.25) is 19.6 Å². The number of pyridine rings is 1. The number of halogens is 3. The fourth-order valence-electron chi connectivity index (χ4n) is 3.92. The van der Waals surface area contributed by atoms with Gasteiger partial charge in [-0.05, 0) is 53.6 Å². The Kier molecular flexibility index (Phi) is 5.85. The summed E-state index contributed by atoms with van der Waals surface area (Å²) in [7, 11) is 0. The lowest BCUT2D eigenvalue weighted by Gasteiger charge is -2.14. The molecular weight excluding hydrogens is 467 g/mol. The maximum Gasteiger partial charge on any atom is 0.417 e. The minimum atomic E-state index is -4.67. The van der Waals surface area contributed by atoms with Crippen LogP contribution in [0.25, 0.3) is 33.4 Å². The molecule has 36 heavy (non-hydrogen) atoms. The van der Waals surface area contributed by atoms with Crippen molar-refractivity contribution in [2.75, 3.05) is 0 Å². The molecule has 0 spiro atoms. The minimum Gasteiger partial charge on any atom is -0.298 e. The Morgan fingerprint density at radius 1 is 0.806 bits per heavy atom. The number of nitrogens with zero attached hydrogens (tertiary/aromatic N) is 3. The monoisotopic (exact) mass is 483 g/mol. The molecule has 5 aromatic rings. The molecule has 3 aromatic carbocycles. The van der Waals surface area contributed by atoms with Gasteiger partial charge in [0.15, 0.2) is 5.78 Å². The van der Waals surface area contributed by atoms with E-state index in [0.29, 0.717) is 28.6 Å². The van der Waals surface area contributed by atoms with E-state index < -0.39 is 11.7 Å². The van der Waals surface area contributed by atoms with E-state index in [4.69, 9.17) is 0 Å². The second kappa shape index (κ2) is 9.14. The van der Waals surface area contributed by atoms with Gasteiger partial charge in [-0.25, -0.2) is 4.98 Å². The van der Waals surface area contributed by atoms with Gasteiger partial charge in [0.25, 0.3) is 0 Å². The van der Waals surface area contributed by atoms with Crippen molar-refractivity contribution in [3.05, 3.63) is 114 Å². The summed E-state index contributed by atoms with van der Waals surface area (Å²) in [5, 5.41) is 0. The Bertz CT molecular complexity index is 1620. The molecule has 8 heteroatoms. The second-order valence-electron chi connectivity index (χ2n) is 8.03. The Morgan fingerprint density at radius 2 is 1.61 bits per heavy atom. The van der Waals surface area contributed by atoms with E-state index in [0.717, 1.165) is 11.6 Å². The van der Waals surface area contributed by atoms with Crippen molar-refractivity contribution in [3.63, 3.8) is 0 Å². The predicted octanol–water partition coefficient (Wildman–Crippen LogP) is 6.42. The van der Waals surface area contributed by atoms with E-state index in [1.54, 1.807) is 48.9 Å². The number of carbonyl (C=O) groups excluding carboxylic acids is 2. The number of fused-ring (bicyclic) bond motifs is 1. The normalized spacial score (nSPS) is 11.4. The molecule has 0 N–H and O–H groups in total. The zero-order valence-corrected chi connectivity index (χ0v) is 18.5. The van der Waals surface area contributed by atoms with Gasteiger partial charge in [0.2, 0.25) is 0 Å². The first-order valence-electron chi connectivity index (χ1n) is 10.8. The fraction of sp³-hybridized carbons (Fsp3) is 0.0357. The van der Waals surface area contributed by atoms with Crippen LogP contribution < -0.4 is 0 Å². The van der Waals surface area contributed by atoms with Crippen LogP contribution in [0.3, 0.4) is 0 Å². The number of benzene rings is 3. The Hall–Kier alpha value is -4.72. The van der Waals surface area contributed by atoms with Crippen LogP contribution in [-0.2, 0) is 6.18 Å². The van der Waals surface area contributed by atoms with Crippen LogP contribution >= 0.6 is 0 Å². The molecule has 0 atom stereocenters. The number of aldehydes is 1. The highest BCUT2D eigenvalue weighted by Gasteiger charge is 2.34. The lowest BCUT2D eigenvalue weighted by atomic mass is 9.94. The molecule has 0 aliphatic rings. The summed E-state index contributed by atoms with van der Waals surface area (Å²) in [6.45, 7) is 0. The first-order chi connectivity index (χ1) is 17.3. The van der Waals surface area contributed by atoms with Crippen molar-refractivity contribution < 1.29 is 22.8 Å². The molecule has 0 saturated carbocycles. The van der Waals surface area contributed by atoms with E-state index in [1.165, 1.54) is 30.3 Å². The first kappa shape index (κ1) is 23.0. The molecule has 176 valence electrons. The number of hydrogen-bond acceptors (Lipinski definition) is 5. The molecule has 0 fully saturated rings. The van der Waals surface area contributed by atoms with Crippen LogP contribution in [0.5, 0.6) is 0 Å². The maximum atomic E-state index is 13.7. The van der Waals surface area contributed by atoms with E-state index in [2.05, 4.69) is 15.0 Å². The number of carbonyl (C=O) groups is 2. The van der Waals surface area contributed by atoms with Gasteiger partial charge < -0.3 is 0 Å². The van der Waals surface area contributed by atoms with Gasteiger partial charge in [0, 0.05) is 34.6 Å². The summed E-state index contributed by atoms with van der Waals surface area (Å²) in [5.41, 5.74) is 2.08. The van der Waals surface area contributed by atoms with Crippen LogP contribution in [0, 0.1) is 0 Å². The Morgan fingerprint density at radius 3 is 2.36 bits per heavy atom. The van der Waals surface area contributed by atoms with E-state index in [1.807, 2.05) is 6.07 Å². The van der Waals surface area contributed by atoms with Crippen molar-refractivity contribution >= 4 is 23.1 Å². The summed E-state index contributed by atoms with van der Waals surface area (Å²) in [4.78, 5) is 37.4. The third-order valence-corrected chi connectivity index (χ3v) is 5.68. The van der Waals surface area contributed by atoms with Crippen molar-refractivity contribution in [3.8, 4) is 22.4 Å². The van der Waals surface area contributed by atoms with E-state index in [9.17, 15) is 22.8 Å². The number of aromatic nitrogens is 3. The lowest BCUT2D eigenvalue weighted by Crippen LogP contribution is -2.08. The third-order valence-electron chi connectivity index (χ3n) is 5.68. The lowest BCUT2D eigenvalue weighted by molar-refractivity contribution is -0.137. The summed E-state index contributed by atoms with van der Waals surface area (Å²) >= 11 is 0. The van der Waals surface area contributed by atoms with Gasteiger partial charge in [-0.1, -0.05) is 30.3 Å². The van der Waals surface area contributed by atoms with Crippen LogP contribution in [-0.4, -0.2) is 27.0 Å². The largest absolute Gasteiger partial charge is 0.417 e. The van der Waals surface area contributed by atoms with Crippen LogP contribution in [0.2, 0.25) is 0 Å². The number of rotatable bonds is 5. The van der Waals surface area contributed by atoms with Crippen molar-refractivity contribution in [2.24, 2.45) is 0 Å². The molecule has 2 aromatic heterocycles. The molecule has 2 heterocycles. The highest BCUT2D eigenvalue weighted by atomic mass is 19.4. The fourth-order valence-corrected chi connectivity index (χ4v) is 3.92. The quantitative estimate of drug-likeness (QED) is 0.213. The van der Waals surface area contributed by atoms with Gasteiger partial charge in [-0.2, -0.15) is 13.2 Å². The topological polar surface area (TPSA) is 72.8 Å². The Balaban J connectivity index is 1.53. The summed E-state index contributed by atoms with van der Waals surface area (Å²) < 4.78 is 41.0. The molecule has 0 saturated heterocycles. The summed E-state index contributed by atoms with van der Waals surface area (Å²) in [6, 6.07) is 17.8. The molecule has 0 unspecified atom stereocenters. The standard InChI is InChI=1S/C28H16F3N3O2/c29-28(30,31)23-11-17(16-35)6-8-22(23)18-3-1-4-19(12-18)27(36)20-7-9-24-25(13-20)34-26(15-33-24)21-5-2-10-32-14-21/h1-16H. The number of hydrogen-bond donors (Lipinski definition) is 0. The maximum absolute atomic E-state index is 13.7. The zero-order chi connectivity index (χ0) is 25.3.